The lowest BCUT2D eigenvalue weighted by Crippen LogP contribution is -2.62. The van der Waals surface area contributed by atoms with Crippen LogP contribution >= 0.6 is 0 Å². The lowest BCUT2D eigenvalue weighted by atomic mass is 9.69. The molecule has 6 nitrogen and oxygen atoms in total. The van der Waals surface area contributed by atoms with E-state index in [1.54, 1.807) is 12.4 Å². The molecule has 1 N–H and O–H groups in total. The van der Waals surface area contributed by atoms with Gasteiger partial charge >= 0.3 is 0 Å². The van der Waals surface area contributed by atoms with Crippen LogP contribution in [0.2, 0.25) is 0 Å². The number of nitrogens with zero attached hydrogens (tertiary/aromatic N) is 4. The molecule has 0 bridgehead atoms. The molecule has 24 heavy (non-hydrogen) atoms. The monoisotopic (exact) mass is 332 g/mol. The average Bonchev–Trinajstić information content (AvgIpc) is 2.61. The fourth-order valence-corrected chi connectivity index (χ4v) is 4.13. The van der Waals surface area contributed by atoms with Crippen molar-refractivity contribution in [1.82, 2.24) is 19.8 Å². The number of likely N-dealkylation sites (N-methyl/N-ethyl adjacent to an activating group) is 1. The largest absolute Gasteiger partial charge is 0.396 e. The van der Waals surface area contributed by atoms with Crippen molar-refractivity contribution < 1.29 is 9.90 Å². The van der Waals surface area contributed by atoms with Crippen LogP contribution < -0.4 is 0 Å². The summed E-state index contributed by atoms with van der Waals surface area (Å²) in [7, 11) is 2.10. The van der Waals surface area contributed by atoms with Crippen molar-refractivity contribution in [3.8, 4) is 0 Å². The first-order chi connectivity index (χ1) is 11.5. The van der Waals surface area contributed by atoms with Crippen molar-refractivity contribution in [3.63, 3.8) is 0 Å². The molecule has 0 aliphatic carbocycles. The Morgan fingerprint density at radius 2 is 2.04 bits per heavy atom. The van der Waals surface area contributed by atoms with Crippen molar-refractivity contribution in [2.24, 2.45) is 5.41 Å². The Balaban J connectivity index is 1.75. The smallest absolute Gasteiger partial charge is 0.257 e. The molecule has 2 saturated heterocycles. The van der Waals surface area contributed by atoms with Gasteiger partial charge in [0.25, 0.3) is 5.91 Å². The summed E-state index contributed by atoms with van der Waals surface area (Å²) in [5.41, 5.74) is 0.497. The van der Waals surface area contributed by atoms with Gasteiger partial charge in [0.05, 0.1) is 12.2 Å². The van der Waals surface area contributed by atoms with Crippen molar-refractivity contribution in [3.05, 3.63) is 23.8 Å². The zero-order valence-electron chi connectivity index (χ0n) is 14.9. The first-order valence-electron chi connectivity index (χ1n) is 8.89. The topological polar surface area (TPSA) is 69.6 Å². The second kappa shape index (κ2) is 6.76. The van der Waals surface area contributed by atoms with Crippen LogP contribution in [0.3, 0.4) is 0 Å². The van der Waals surface area contributed by atoms with E-state index in [9.17, 15) is 9.90 Å². The maximum absolute atomic E-state index is 12.8. The Kier molecular flexibility index (Phi) is 4.88. The van der Waals surface area contributed by atoms with Gasteiger partial charge in [-0.1, -0.05) is 13.8 Å². The number of hydrogen-bond donors (Lipinski definition) is 1. The molecular formula is C18H28N4O2. The number of piperidine rings is 2. The zero-order chi connectivity index (χ0) is 17.3. The Hall–Kier alpha value is -1.53. The number of fused-ring (bicyclic) bond motifs is 1. The molecule has 2 atom stereocenters. The zero-order valence-corrected chi connectivity index (χ0v) is 14.9. The molecule has 0 aromatic carbocycles. The summed E-state index contributed by atoms with van der Waals surface area (Å²) in [5.74, 6) is 1.01. The minimum absolute atomic E-state index is 0.00387. The fraction of sp³-hybridized carbons (Fsp3) is 0.722. The Morgan fingerprint density at radius 1 is 1.33 bits per heavy atom. The summed E-state index contributed by atoms with van der Waals surface area (Å²) in [5, 5.41) is 9.97. The van der Waals surface area contributed by atoms with Gasteiger partial charge in [-0.2, -0.15) is 0 Å². The molecular weight excluding hydrogens is 304 g/mol. The Morgan fingerprint density at radius 3 is 2.67 bits per heavy atom. The number of aliphatic hydroxyl groups is 1. The van der Waals surface area contributed by atoms with Crippen LogP contribution in [0, 0.1) is 5.41 Å². The number of carbonyl (C=O) groups is 1. The highest BCUT2D eigenvalue weighted by Gasteiger charge is 2.47. The van der Waals surface area contributed by atoms with Gasteiger partial charge in [-0.25, -0.2) is 9.97 Å². The molecule has 2 aliphatic heterocycles. The molecule has 2 aliphatic rings. The SMILES string of the molecule is CC(C)c1ncc(C(=O)N2CC[C@@]3(CO)CCCN(C)[C@@H]3C2)cn1. The summed E-state index contributed by atoms with van der Waals surface area (Å²) in [6.45, 7) is 6.66. The minimum atomic E-state index is -0.0538. The second-order valence-corrected chi connectivity index (χ2v) is 7.61. The summed E-state index contributed by atoms with van der Waals surface area (Å²) >= 11 is 0. The van der Waals surface area contributed by atoms with Gasteiger partial charge in [-0.15, -0.1) is 0 Å². The molecule has 1 aromatic heterocycles. The lowest BCUT2D eigenvalue weighted by Gasteiger charge is -2.53. The Bertz CT molecular complexity index is 589. The highest BCUT2D eigenvalue weighted by Crippen LogP contribution is 2.41. The molecule has 0 saturated carbocycles. The summed E-state index contributed by atoms with van der Waals surface area (Å²) in [6, 6.07) is 0.227. The van der Waals surface area contributed by atoms with Crippen LogP contribution in [0.4, 0.5) is 0 Å². The molecule has 3 rings (SSSR count). The number of aromatic nitrogens is 2. The molecule has 6 heteroatoms. The fourth-order valence-electron chi connectivity index (χ4n) is 4.13. The van der Waals surface area contributed by atoms with Gasteiger partial charge in [0.2, 0.25) is 0 Å². The van der Waals surface area contributed by atoms with Crippen molar-refractivity contribution in [2.75, 3.05) is 33.3 Å². The molecule has 0 spiro atoms. The van der Waals surface area contributed by atoms with Crippen LogP contribution in [0.15, 0.2) is 12.4 Å². The molecule has 132 valence electrons. The van der Waals surface area contributed by atoms with Crippen molar-refractivity contribution >= 4 is 5.91 Å². The van der Waals surface area contributed by atoms with E-state index in [0.29, 0.717) is 18.7 Å². The van der Waals surface area contributed by atoms with Crippen LogP contribution in [0.5, 0.6) is 0 Å². The van der Waals surface area contributed by atoms with Gasteiger partial charge in [-0.05, 0) is 32.9 Å². The molecule has 3 heterocycles. The maximum Gasteiger partial charge on any atom is 0.257 e. The quantitative estimate of drug-likeness (QED) is 0.909. The molecule has 1 aromatic rings. The number of hydrogen-bond acceptors (Lipinski definition) is 5. The standard InChI is InChI=1S/C18H28N4O2/c1-13(2)16-19-9-14(10-20-16)17(24)22-8-6-18(12-23)5-4-7-21(3)15(18)11-22/h9-10,13,15,23H,4-8,11-12H2,1-3H3/t15-,18-/m1/s1. The number of rotatable bonds is 3. The number of aliphatic hydroxyl groups excluding tert-OH is 1. The summed E-state index contributed by atoms with van der Waals surface area (Å²) < 4.78 is 0. The van der Waals surface area contributed by atoms with Gasteiger partial charge in [0.15, 0.2) is 0 Å². The van der Waals surface area contributed by atoms with E-state index in [4.69, 9.17) is 0 Å². The van der Waals surface area contributed by atoms with E-state index in [-0.39, 0.29) is 29.9 Å². The van der Waals surface area contributed by atoms with Gasteiger partial charge in [0, 0.05) is 42.9 Å². The van der Waals surface area contributed by atoms with Crippen LogP contribution in [-0.4, -0.2) is 70.1 Å². The average molecular weight is 332 g/mol. The van der Waals surface area contributed by atoms with Gasteiger partial charge in [0.1, 0.15) is 5.82 Å². The number of likely N-dealkylation sites (tertiary alicyclic amines) is 2. The molecule has 0 unspecified atom stereocenters. The molecule has 2 fully saturated rings. The minimum Gasteiger partial charge on any atom is -0.396 e. The third kappa shape index (κ3) is 3.05. The predicted octanol–water partition coefficient (Wildman–Crippen LogP) is 1.52. The second-order valence-electron chi connectivity index (χ2n) is 7.61. The maximum atomic E-state index is 12.8. The van der Waals surface area contributed by atoms with Crippen molar-refractivity contribution in [1.29, 1.82) is 0 Å². The van der Waals surface area contributed by atoms with Crippen LogP contribution in [0.25, 0.3) is 0 Å². The van der Waals surface area contributed by atoms with E-state index in [1.807, 2.05) is 18.7 Å². The lowest BCUT2D eigenvalue weighted by molar-refractivity contribution is -0.0601. The third-order valence-electron chi connectivity index (χ3n) is 5.73. The summed E-state index contributed by atoms with van der Waals surface area (Å²) in [4.78, 5) is 25.6. The first-order valence-corrected chi connectivity index (χ1v) is 8.89. The molecule has 0 radical (unpaired) electrons. The summed E-state index contributed by atoms with van der Waals surface area (Å²) in [6.07, 6.45) is 6.31. The van der Waals surface area contributed by atoms with E-state index in [1.165, 1.54) is 0 Å². The highest BCUT2D eigenvalue weighted by molar-refractivity contribution is 5.93. The normalized spacial score (nSPS) is 28.0. The van der Waals surface area contributed by atoms with E-state index in [0.717, 1.165) is 31.6 Å². The van der Waals surface area contributed by atoms with Crippen LogP contribution in [0.1, 0.15) is 55.2 Å². The van der Waals surface area contributed by atoms with Gasteiger partial charge < -0.3 is 14.9 Å². The molecule has 1 amide bonds. The highest BCUT2D eigenvalue weighted by atomic mass is 16.3. The van der Waals surface area contributed by atoms with Crippen LogP contribution in [-0.2, 0) is 0 Å². The third-order valence-corrected chi connectivity index (χ3v) is 5.73. The van der Waals surface area contributed by atoms with Crippen molar-refractivity contribution in [2.45, 2.75) is 45.1 Å². The number of amides is 1. The Labute approximate surface area is 143 Å². The van der Waals surface area contributed by atoms with E-state index < -0.39 is 0 Å². The first kappa shape index (κ1) is 17.3. The van der Waals surface area contributed by atoms with Gasteiger partial charge in [-0.3, -0.25) is 4.79 Å². The predicted molar refractivity (Wildman–Crippen MR) is 91.8 cm³/mol. The van der Waals surface area contributed by atoms with E-state index >= 15 is 0 Å². The number of carbonyl (C=O) groups excluding carboxylic acids is 1. The van der Waals surface area contributed by atoms with E-state index in [2.05, 4.69) is 21.9 Å².